The van der Waals surface area contributed by atoms with E-state index in [1.54, 1.807) is 31.3 Å². The number of likely N-dealkylation sites (tertiary alicyclic amines) is 1. The Morgan fingerprint density at radius 2 is 1.64 bits per heavy atom. The highest BCUT2D eigenvalue weighted by Gasteiger charge is 2.15. The summed E-state index contributed by atoms with van der Waals surface area (Å²) in [4.78, 5) is 37.4. The molecule has 0 unspecified atom stereocenters. The lowest BCUT2D eigenvalue weighted by Gasteiger charge is -2.20. The number of carbonyl (C=O) groups is 3. The van der Waals surface area contributed by atoms with E-state index in [1.165, 1.54) is 12.8 Å². The topological polar surface area (TPSA) is 90.5 Å². The van der Waals surface area contributed by atoms with E-state index >= 15 is 0 Å². The number of hydrogen-bond acceptors (Lipinski definition) is 3. The zero-order valence-corrected chi connectivity index (χ0v) is 14.6. The third-order valence-electron chi connectivity index (χ3n) is 4.22. The maximum Gasteiger partial charge on any atom is 0.319 e. The SMILES string of the molecule is CNC(=O)c1ccc(NC(=O)NCCC(=O)N2CCCCCC2)cc1. The molecule has 0 radical (unpaired) electrons. The van der Waals surface area contributed by atoms with Gasteiger partial charge in [-0.25, -0.2) is 4.79 Å². The zero-order valence-electron chi connectivity index (χ0n) is 14.6. The molecule has 1 fully saturated rings. The van der Waals surface area contributed by atoms with Crippen molar-refractivity contribution < 1.29 is 14.4 Å². The molecule has 7 heteroatoms. The van der Waals surface area contributed by atoms with Gasteiger partial charge in [-0.05, 0) is 37.1 Å². The van der Waals surface area contributed by atoms with Crippen molar-refractivity contribution in [2.24, 2.45) is 0 Å². The quantitative estimate of drug-likeness (QED) is 0.761. The summed E-state index contributed by atoms with van der Waals surface area (Å²) in [6.45, 7) is 1.95. The van der Waals surface area contributed by atoms with Crippen molar-refractivity contribution in [3.63, 3.8) is 0 Å². The van der Waals surface area contributed by atoms with Crippen molar-refractivity contribution in [3.8, 4) is 0 Å². The van der Waals surface area contributed by atoms with Gasteiger partial charge in [0.1, 0.15) is 0 Å². The van der Waals surface area contributed by atoms with Gasteiger partial charge in [0.05, 0.1) is 0 Å². The number of carbonyl (C=O) groups excluding carboxylic acids is 3. The van der Waals surface area contributed by atoms with E-state index in [2.05, 4.69) is 16.0 Å². The van der Waals surface area contributed by atoms with E-state index in [1.807, 2.05) is 4.90 Å². The number of rotatable bonds is 5. The van der Waals surface area contributed by atoms with Gasteiger partial charge >= 0.3 is 6.03 Å². The van der Waals surface area contributed by atoms with Crippen LogP contribution in [0.5, 0.6) is 0 Å². The molecule has 1 aromatic carbocycles. The highest BCUT2D eigenvalue weighted by atomic mass is 16.2. The standard InChI is InChI=1S/C18H26N4O3/c1-19-17(24)14-6-8-15(9-7-14)21-18(25)20-11-10-16(23)22-12-4-2-3-5-13-22/h6-9H,2-5,10-13H2,1H3,(H,19,24)(H2,20,21,25). The van der Waals surface area contributed by atoms with E-state index in [0.29, 0.717) is 24.2 Å². The summed E-state index contributed by atoms with van der Waals surface area (Å²) in [6.07, 6.45) is 4.80. The Bertz CT molecular complexity index is 593. The Morgan fingerprint density at radius 3 is 2.24 bits per heavy atom. The molecule has 2 rings (SSSR count). The maximum absolute atomic E-state index is 12.1. The summed E-state index contributed by atoms with van der Waals surface area (Å²) in [5.74, 6) is -0.0832. The molecule has 4 amide bonds. The zero-order chi connectivity index (χ0) is 18.1. The van der Waals surface area contributed by atoms with Crippen molar-refractivity contribution >= 4 is 23.5 Å². The highest BCUT2D eigenvalue weighted by molar-refractivity contribution is 5.95. The lowest BCUT2D eigenvalue weighted by atomic mass is 10.2. The van der Waals surface area contributed by atoms with Crippen LogP contribution in [-0.4, -0.2) is 49.4 Å². The second kappa shape index (κ2) is 9.66. The predicted molar refractivity (Wildman–Crippen MR) is 96.5 cm³/mol. The number of hydrogen-bond donors (Lipinski definition) is 3. The van der Waals surface area contributed by atoms with Crippen LogP contribution in [0.4, 0.5) is 10.5 Å². The lowest BCUT2D eigenvalue weighted by molar-refractivity contribution is -0.131. The summed E-state index contributed by atoms with van der Waals surface area (Å²) in [6, 6.07) is 6.23. The highest BCUT2D eigenvalue weighted by Crippen LogP contribution is 2.11. The van der Waals surface area contributed by atoms with Gasteiger partial charge in [0.25, 0.3) is 5.91 Å². The van der Waals surface area contributed by atoms with Gasteiger partial charge in [0.15, 0.2) is 0 Å². The first-order chi connectivity index (χ1) is 12.1. The van der Waals surface area contributed by atoms with E-state index in [0.717, 1.165) is 25.9 Å². The van der Waals surface area contributed by atoms with Crippen molar-refractivity contribution in [2.75, 3.05) is 32.0 Å². The van der Waals surface area contributed by atoms with Crippen LogP contribution in [-0.2, 0) is 4.79 Å². The molecule has 25 heavy (non-hydrogen) atoms. The Balaban J connectivity index is 1.71. The molecule has 1 aliphatic heterocycles. The van der Waals surface area contributed by atoms with Crippen LogP contribution in [0.1, 0.15) is 42.5 Å². The van der Waals surface area contributed by atoms with Gasteiger partial charge in [-0.2, -0.15) is 0 Å². The van der Waals surface area contributed by atoms with Crippen molar-refractivity contribution in [1.29, 1.82) is 0 Å². The second-order valence-electron chi connectivity index (χ2n) is 6.08. The molecule has 7 nitrogen and oxygen atoms in total. The van der Waals surface area contributed by atoms with E-state index in [-0.39, 0.29) is 17.8 Å². The fourth-order valence-electron chi connectivity index (χ4n) is 2.79. The summed E-state index contributed by atoms with van der Waals surface area (Å²) in [7, 11) is 1.56. The number of anilines is 1. The Kier molecular flexibility index (Phi) is 7.25. The minimum absolute atomic E-state index is 0.0946. The molecule has 136 valence electrons. The molecule has 0 atom stereocenters. The number of nitrogens with one attached hydrogen (secondary N) is 3. The summed E-state index contributed by atoms with van der Waals surface area (Å²) in [5, 5.41) is 7.91. The van der Waals surface area contributed by atoms with Crippen molar-refractivity contribution in [2.45, 2.75) is 32.1 Å². The molecule has 0 bridgehead atoms. The minimum atomic E-state index is -0.364. The van der Waals surface area contributed by atoms with Crippen LogP contribution in [0.2, 0.25) is 0 Å². The molecule has 0 aromatic heterocycles. The van der Waals surface area contributed by atoms with Gasteiger partial charge in [-0.3, -0.25) is 9.59 Å². The number of urea groups is 1. The Labute approximate surface area is 148 Å². The average molecular weight is 346 g/mol. The molecular weight excluding hydrogens is 320 g/mol. The van der Waals surface area contributed by atoms with Gasteiger partial charge in [-0.15, -0.1) is 0 Å². The molecule has 1 aromatic rings. The molecule has 3 N–H and O–H groups in total. The summed E-state index contributed by atoms with van der Waals surface area (Å²) in [5.41, 5.74) is 1.11. The van der Waals surface area contributed by atoms with E-state index in [4.69, 9.17) is 0 Å². The summed E-state index contributed by atoms with van der Waals surface area (Å²) >= 11 is 0. The summed E-state index contributed by atoms with van der Waals surface area (Å²) < 4.78 is 0. The Hall–Kier alpha value is -2.57. The van der Waals surface area contributed by atoms with Gasteiger partial charge < -0.3 is 20.9 Å². The number of benzene rings is 1. The molecule has 0 spiro atoms. The Morgan fingerprint density at radius 1 is 1.00 bits per heavy atom. The third kappa shape index (κ3) is 6.10. The predicted octanol–water partition coefficient (Wildman–Crippen LogP) is 1.96. The fourth-order valence-corrected chi connectivity index (χ4v) is 2.79. The number of amides is 4. The average Bonchev–Trinajstić information content (AvgIpc) is 2.91. The minimum Gasteiger partial charge on any atom is -0.355 e. The normalized spacial score (nSPS) is 14.4. The van der Waals surface area contributed by atoms with Crippen LogP contribution in [0, 0.1) is 0 Å². The largest absolute Gasteiger partial charge is 0.355 e. The molecule has 0 saturated carbocycles. The van der Waals surface area contributed by atoms with Gasteiger partial charge in [0, 0.05) is 44.4 Å². The number of nitrogens with zero attached hydrogens (tertiary/aromatic N) is 1. The smallest absolute Gasteiger partial charge is 0.319 e. The first-order valence-corrected chi connectivity index (χ1v) is 8.75. The molecule has 1 aliphatic rings. The van der Waals surface area contributed by atoms with E-state index < -0.39 is 0 Å². The van der Waals surface area contributed by atoms with Gasteiger partial charge in [-0.1, -0.05) is 12.8 Å². The molecular formula is C18H26N4O3. The van der Waals surface area contributed by atoms with Crippen molar-refractivity contribution in [1.82, 2.24) is 15.5 Å². The lowest BCUT2D eigenvalue weighted by Crippen LogP contribution is -2.36. The van der Waals surface area contributed by atoms with Crippen LogP contribution in [0.25, 0.3) is 0 Å². The monoisotopic (exact) mass is 346 g/mol. The second-order valence-corrected chi connectivity index (χ2v) is 6.08. The molecule has 1 heterocycles. The maximum atomic E-state index is 12.1. The van der Waals surface area contributed by atoms with Crippen LogP contribution < -0.4 is 16.0 Å². The van der Waals surface area contributed by atoms with Crippen LogP contribution in [0.15, 0.2) is 24.3 Å². The third-order valence-corrected chi connectivity index (χ3v) is 4.22. The van der Waals surface area contributed by atoms with Crippen LogP contribution in [0.3, 0.4) is 0 Å². The van der Waals surface area contributed by atoms with Crippen LogP contribution >= 0.6 is 0 Å². The van der Waals surface area contributed by atoms with Gasteiger partial charge in [0.2, 0.25) is 5.91 Å². The first-order valence-electron chi connectivity index (χ1n) is 8.75. The fraction of sp³-hybridized carbons (Fsp3) is 0.500. The van der Waals surface area contributed by atoms with E-state index in [9.17, 15) is 14.4 Å². The molecule has 0 aliphatic carbocycles. The molecule has 1 saturated heterocycles. The first kappa shape index (κ1) is 18.8. The van der Waals surface area contributed by atoms with Crippen molar-refractivity contribution in [3.05, 3.63) is 29.8 Å².